The number of hydrogen-bond donors (Lipinski definition) is 2. The van der Waals surface area contributed by atoms with Crippen LogP contribution in [0.5, 0.6) is 0 Å². The summed E-state index contributed by atoms with van der Waals surface area (Å²) >= 11 is 0. The average Bonchev–Trinajstić information content (AvgIpc) is 2.40. The van der Waals surface area contributed by atoms with E-state index >= 15 is 0 Å². The summed E-state index contributed by atoms with van der Waals surface area (Å²) in [4.78, 5) is 13.8. The van der Waals surface area contributed by atoms with Crippen LogP contribution in [0.15, 0.2) is 43.0 Å². The maximum absolute atomic E-state index is 11.9. The van der Waals surface area contributed by atoms with E-state index in [1.807, 2.05) is 42.2 Å². The van der Waals surface area contributed by atoms with E-state index in [1.165, 1.54) is 0 Å². The molecule has 0 aliphatic heterocycles. The van der Waals surface area contributed by atoms with Gasteiger partial charge in [-0.15, -0.1) is 6.58 Å². The van der Waals surface area contributed by atoms with E-state index in [9.17, 15) is 4.79 Å². The molecule has 2 N–H and O–H groups in total. The molecule has 0 fully saturated rings. The van der Waals surface area contributed by atoms with Crippen LogP contribution in [0.2, 0.25) is 0 Å². The monoisotopic (exact) mass is 262 g/mol. The summed E-state index contributed by atoms with van der Waals surface area (Å²) < 4.78 is 0. The first-order valence-corrected chi connectivity index (χ1v) is 6.45. The van der Waals surface area contributed by atoms with Crippen LogP contribution in [0.4, 0.5) is 0 Å². The molecule has 0 saturated heterocycles. The lowest BCUT2D eigenvalue weighted by Crippen LogP contribution is -2.39. The molecule has 0 spiro atoms. The smallest absolute Gasteiger partial charge is 0.234 e. The van der Waals surface area contributed by atoms with Crippen LogP contribution in [0.3, 0.4) is 0 Å². The number of carbonyl (C=O) groups excluding carboxylic acids is 1. The number of aliphatic hydroxyl groups is 1. The van der Waals surface area contributed by atoms with Crippen molar-refractivity contribution >= 4 is 5.91 Å². The highest BCUT2D eigenvalue weighted by Gasteiger charge is 2.12. The van der Waals surface area contributed by atoms with Gasteiger partial charge in [0.05, 0.1) is 19.2 Å². The first kappa shape index (κ1) is 15.4. The molecule has 0 aromatic heterocycles. The van der Waals surface area contributed by atoms with E-state index in [0.29, 0.717) is 13.1 Å². The van der Waals surface area contributed by atoms with Gasteiger partial charge in [-0.25, -0.2) is 0 Å². The average molecular weight is 262 g/mol. The number of benzene rings is 1. The largest absolute Gasteiger partial charge is 0.395 e. The summed E-state index contributed by atoms with van der Waals surface area (Å²) in [5, 5.41) is 11.9. The van der Waals surface area contributed by atoms with Crippen molar-refractivity contribution in [3.8, 4) is 0 Å². The number of amides is 1. The van der Waals surface area contributed by atoms with Crippen molar-refractivity contribution in [2.75, 3.05) is 26.2 Å². The van der Waals surface area contributed by atoms with E-state index in [0.717, 1.165) is 5.56 Å². The minimum atomic E-state index is -0.0494. The summed E-state index contributed by atoms with van der Waals surface area (Å²) in [5.41, 5.74) is 1.08. The van der Waals surface area contributed by atoms with Gasteiger partial charge in [0.15, 0.2) is 0 Å². The predicted molar refractivity (Wildman–Crippen MR) is 76.7 cm³/mol. The third-order valence-corrected chi connectivity index (χ3v) is 2.85. The van der Waals surface area contributed by atoms with Gasteiger partial charge in [0.2, 0.25) is 5.91 Å². The maximum atomic E-state index is 11.9. The Kier molecular flexibility index (Phi) is 6.85. The summed E-state index contributed by atoms with van der Waals surface area (Å²) in [5.74, 6) is -0.0494. The zero-order chi connectivity index (χ0) is 14.1. The first-order valence-electron chi connectivity index (χ1n) is 6.45. The van der Waals surface area contributed by atoms with Gasteiger partial charge in [-0.1, -0.05) is 36.4 Å². The van der Waals surface area contributed by atoms with Crippen molar-refractivity contribution in [1.29, 1.82) is 0 Å². The minimum Gasteiger partial charge on any atom is -0.395 e. The zero-order valence-electron chi connectivity index (χ0n) is 11.4. The van der Waals surface area contributed by atoms with Gasteiger partial charge in [0, 0.05) is 13.1 Å². The van der Waals surface area contributed by atoms with E-state index in [4.69, 9.17) is 5.11 Å². The van der Waals surface area contributed by atoms with Gasteiger partial charge in [-0.3, -0.25) is 9.69 Å². The molecule has 1 amide bonds. The maximum Gasteiger partial charge on any atom is 0.234 e. The standard InChI is InChI=1S/C15H22N2O2/c1-3-9-17(10-11-18)12-15(19)16-13(2)14-7-5-4-6-8-14/h3-8,13,18H,1,9-12H2,2H3,(H,16,19). The summed E-state index contributed by atoms with van der Waals surface area (Å²) in [6, 6.07) is 9.81. The second-order valence-electron chi connectivity index (χ2n) is 4.45. The Labute approximate surface area is 114 Å². The molecule has 0 bridgehead atoms. The molecule has 0 aliphatic rings. The summed E-state index contributed by atoms with van der Waals surface area (Å²) in [7, 11) is 0. The third kappa shape index (κ3) is 5.68. The van der Waals surface area contributed by atoms with Crippen molar-refractivity contribution in [3.63, 3.8) is 0 Å². The van der Waals surface area contributed by atoms with Crippen LogP contribution in [0.1, 0.15) is 18.5 Å². The lowest BCUT2D eigenvalue weighted by atomic mass is 10.1. The zero-order valence-corrected chi connectivity index (χ0v) is 11.4. The Morgan fingerprint density at radius 3 is 2.74 bits per heavy atom. The SMILES string of the molecule is C=CCN(CCO)CC(=O)NC(C)c1ccccc1. The van der Waals surface area contributed by atoms with E-state index in [1.54, 1.807) is 6.08 Å². The number of nitrogens with zero attached hydrogens (tertiary/aromatic N) is 1. The molecule has 19 heavy (non-hydrogen) atoms. The second kappa shape index (κ2) is 8.45. The van der Waals surface area contributed by atoms with E-state index < -0.39 is 0 Å². The minimum absolute atomic E-state index is 0.0200. The fourth-order valence-corrected chi connectivity index (χ4v) is 1.87. The number of nitrogens with one attached hydrogen (secondary N) is 1. The lowest BCUT2D eigenvalue weighted by Gasteiger charge is -2.21. The van der Waals surface area contributed by atoms with Crippen LogP contribution in [-0.2, 0) is 4.79 Å². The molecule has 1 unspecified atom stereocenters. The molecule has 1 aromatic rings. The molecule has 0 radical (unpaired) electrons. The van der Waals surface area contributed by atoms with Crippen molar-refractivity contribution in [2.24, 2.45) is 0 Å². The Morgan fingerprint density at radius 2 is 2.16 bits per heavy atom. The molecule has 0 aliphatic carbocycles. The Bertz CT molecular complexity index is 392. The molecule has 0 heterocycles. The van der Waals surface area contributed by atoms with Gasteiger partial charge in [0.1, 0.15) is 0 Å². The molecule has 0 saturated carbocycles. The normalized spacial score (nSPS) is 12.2. The third-order valence-electron chi connectivity index (χ3n) is 2.85. The number of aliphatic hydroxyl groups excluding tert-OH is 1. The molecule has 4 heteroatoms. The van der Waals surface area contributed by atoms with Crippen molar-refractivity contribution in [2.45, 2.75) is 13.0 Å². The van der Waals surface area contributed by atoms with Crippen LogP contribution in [-0.4, -0.2) is 42.2 Å². The van der Waals surface area contributed by atoms with E-state index in [-0.39, 0.29) is 25.1 Å². The Morgan fingerprint density at radius 1 is 1.47 bits per heavy atom. The number of hydrogen-bond acceptors (Lipinski definition) is 3. The molecular formula is C15H22N2O2. The fourth-order valence-electron chi connectivity index (χ4n) is 1.87. The molecule has 1 rings (SSSR count). The molecule has 4 nitrogen and oxygen atoms in total. The summed E-state index contributed by atoms with van der Waals surface area (Å²) in [6.45, 7) is 6.97. The lowest BCUT2D eigenvalue weighted by molar-refractivity contribution is -0.122. The van der Waals surface area contributed by atoms with Crippen molar-refractivity contribution < 1.29 is 9.90 Å². The van der Waals surface area contributed by atoms with Gasteiger partial charge in [-0.05, 0) is 12.5 Å². The first-order chi connectivity index (χ1) is 9.17. The quantitative estimate of drug-likeness (QED) is 0.695. The number of rotatable bonds is 8. The Hall–Kier alpha value is -1.65. The van der Waals surface area contributed by atoms with E-state index in [2.05, 4.69) is 11.9 Å². The van der Waals surface area contributed by atoms with Gasteiger partial charge < -0.3 is 10.4 Å². The Balaban J connectivity index is 2.47. The van der Waals surface area contributed by atoms with Crippen molar-refractivity contribution in [3.05, 3.63) is 48.6 Å². The molecule has 1 aromatic carbocycles. The highest BCUT2D eigenvalue weighted by atomic mass is 16.3. The summed E-state index contributed by atoms with van der Waals surface area (Å²) in [6.07, 6.45) is 1.73. The number of carbonyl (C=O) groups is 1. The van der Waals surface area contributed by atoms with Crippen molar-refractivity contribution in [1.82, 2.24) is 10.2 Å². The molecule has 1 atom stereocenters. The van der Waals surface area contributed by atoms with Gasteiger partial charge >= 0.3 is 0 Å². The molecule has 104 valence electrons. The van der Waals surface area contributed by atoms with Gasteiger partial charge in [0.25, 0.3) is 0 Å². The topological polar surface area (TPSA) is 52.6 Å². The van der Waals surface area contributed by atoms with Crippen LogP contribution < -0.4 is 5.32 Å². The second-order valence-corrected chi connectivity index (χ2v) is 4.45. The molecular weight excluding hydrogens is 240 g/mol. The highest BCUT2D eigenvalue weighted by Crippen LogP contribution is 2.10. The van der Waals surface area contributed by atoms with Crippen LogP contribution >= 0.6 is 0 Å². The fraction of sp³-hybridized carbons (Fsp3) is 0.400. The highest BCUT2D eigenvalue weighted by molar-refractivity contribution is 5.78. The van der Waals surface area contributed by atoms with Crippen LogP contribution in [0, 0.1) is 0 Å². The van der Waals surface area contributed by atoms with Gasteiger partial charge in [-0.2, -0.15) is 0 Å². The predicted octanol–water partition coefficient (Wildman–Crippen LogP) is 1.34. The van der Waals surface area contributed by atoms with Crippen LogP contribution in [0.25, 0.3) is 0 Å².